The summed E-state index contributed by atoms with van der Waals surface area (Å²) in [6, 6.07) is 11.4. The molecule has 0 radical (unpaired) electrons. The van der Waals surface area contributed by atoms with Crippen molar-refractivity contribution in [2.45, 2.75) is 6.92 Å². The second kappa shape index (κ2) is 5.92. The zero-order chi connectivity index (χ0) is 15.4. The minimum Gasteiger partial charge on any atom is -0.490 e. The molecule has 21 heavy (non-hydrogen) atoms. The Morgan fingerprint density at radius 3 is 2.52 bits per heavy atom. The Hall–Kier alpha value is -3.07. The molecule has 0 unspecified atom stereocenters. The second-order valence-corrected chi connectivity index (χ2v) is 4.30. The summed E-state index contributed by atoms with van der Waals surface area (Å²) in [5.41, 5.74) is 1.11. The van der Waals surface area contributed by atoms with Crippen LogP contribution in [0.3, 0.4) is 0 Å². The van der Waals surface area contributed by atoms with Gasteiger partial charge in [0.25, 0.3) is 0 Å². The average molecular weight is 284 g/mol. The van der Waals surface area contributed by atoms with Gasteiger partial charge in [0.2, 0.25) is 0 Å². The van der Waals surface area contributed by atoms with E-state index in [1.54, 1.807) is 24.3 Å². The topological polar surface area (TPSA) is 85.4 Å². The van der Waals surface area contributed by atoms with Gasteiger partial charge < -0.3 is 9.47 Å². The number of methoxy groups -OCH3 is 1. The van der Waals surface area contributed by atoms with Crippen LogP contribution in [0.2, 0.25) is 0 Å². The highest BCUT2D eigenvalue weighted by Gasteiger charge is 2.16. The number of nitro benzene ring substituents is 1. The molecule has 6 nitrogen and oxygen atoms in total. The van der Waals surface area contributed by atoms with Crippen molar-refractivity contribution in [1.82, 2.24) is 0 Å². The van der Waals surface area contributed by atoms with Gasteiger partial charge in [-0.2, -0.15) is 5.26 Å². The Kier molecular flexibility index (Phi) is 4.05. The molecule has 106 valence electrons. The summed E-state index contributed by atoms with van der Waals surface area (Å²) < 4.78 is 10.5. The monoisotopic (exact) mass is 284 g/mol. The van der Waals surface area contributed by atoms with E-state index >= 15 is 0 Å². The van der Waals surface area contributed by atoms with E-state index in [0.29, 0.717) is 11.3 Å². The van der Waals surface area contributed by atoms with Crippen LogP contribution in [-0.2, 0) is 0 Å². The summed E-state index contributed by atoms with van der Waals surface area (Å²) in [4.78, 5) is 10.4. The van der Waals surface area contributed by atoms with Crippen molar-refractivity contribution >= 4 is 5.69 Å². The van der Waals surface area contributed by atoms with Crippen molar-refractivity contribution in [3.63, 3.8) is 0 Å². The average Bonchev–Trinajstić information content (AvgIpc) is 2.48. The molecule has 2 aromatic rings. The molecule has 0 aliphatic carbocycles. The predicted molar refractivity (Wildman–Crippen MR) is 75.6 cm³/mol. The van der Waals surface area contributed by atoms with Crippen molar-refractivity contribution in [2.75, 3.05) is 7.11 Å². The van der Waals surface area contributed by atoms with Gasteiger partial charge in [-0.25, -0.2) is 0 Å². The molecule has 0 aromatic heterocycles. The molecule has 6 heteroatoms. The third-order valence-corrected chi connectivity index (χ3v) is 2.83. The number of nitro groups is 1. The first-order valence-electron chi connectivity index (χ1n) is 6.06. The van der Waals surface area contributed by atoms with E-state index in [9.17, 15) is 10.1 Å². The summed E-state index contributed by atoms with van der Waals surface area (Å²) in [6.07, 6.45) is 0. The SMILES string of the molecule is COc1ccc(Oc2ccc(C)cc2C#N)cc1[N+](=O)[O-]. The Morgan fingerprint density at radius 1 is 1.19 bits per heavy atom. The van der Waals surface area contributed by atoms with Crippen LogP contribution in [0, 0.1) is 28.4 Å². The lowest BCUT2D eigenvalue weighted by Crippen LogP contribution is -1.95. The van der Waals surface area contributed by atoms with E-state index in [0.717, 1.165) is 5.56 Å². The fourth-order valence-electron chi connectivity index (χ4n) is 1.82. The number of ether oxygens (including phenoxy) is 2. The van der Waals surface area contributed by atoms with Gasteiger partial charge in [-0.1, -0.05) is 6.07 Å². The zero-order valence-electron chi connectivity index (χ0n) is 11.5. The van der Waals surface area contributed by atoms with Crippen LogP contribution in [0.25, 0.3) is 0 Å². The molecule has 0 aliphatic rings. The van der Waals surface area contributed by atoms with Gasteiger partial charge in [0.15, 0.2) is 5.75 Å². The third-order valence-electron chi connectivity index (χ3n) is 2.83. The van der Waals surface area contributed by atoms with E-state index in [1.807, 2.05) is 13.0 Å². The standard InChI is InChI=1S/C15H12N2O4/c1-10-3-5-14(11(7-10)9-16)21-12-4-6-15(20-2)13(8-12)17(18)19/h3-8H,1-2H3. The molecule has 0 aliphatic heterocycles. The quantitative estimate of drug-likeness (QED) is 0.632. The highest BCUT2D eigenvalue weighted by atomic mass is 16.6. The van der Waals surface area contributed by atoms with Crippen LogP contribution in [0.5, 0.6) is 17.2 Å². The van der Waals surface area contributed by atoms with Crippen molar-refractivity contribution in [3.8, 4) is 23.3 Å². The Bertz CT molecular complexity index is 735. The number of benzene rings is 2. The first-order chi connectivity index (χ1) is 10.0. The van der Waals surface area contributed by atoms with Crippen molar-refractivity contribution in [3.05, 3.63) is 57.6 Å². The Labute approximate surface area is 121 Å². The Morgan fingerprint density at radius 2 is 1.90 bits per heavy atom. The van der Waals surface area contributed by atoms with Crippen LogP contribution in [-0.4, -0.2) is 12.0 Å². The molecule has 0 spiro atoms. The minimum atomic E-state index is -0.550. The Balaban J connectivity index is 2.39. The second-order valence-electron chi connectivity index (χ2n) is 4.30. The van der Waals surface area contributed by atoms with E-state index in [-0.39, 0.29) is 17.2 Å². The van der Waals surface area contributed by atoms with Crippen LogP contribution >= 0.6 is 0 Å². The normalized spacial score (nSPS) is 9.76. The lowest BCUT2D eigenvalue weighted by Gasteiger charge is -2.09. The molecule has 0 fully saturated rings. The van der Waals surface area contributed by atoms with Gasteiger partial charge in [-0.05, 0) is 36.8 Å². The summed E-state index contributed by atoms with van der Waals surface area (Å²) in [7, 11) is 1.36. The molecule has 2 rings (SSSR count). The van der Waals surface area contributed by atoms with Crippen LogP contribution < -0.4 is 9.47 Å². The number of aryl methyl sites for hydroxylation is 1. The molecule has 0 atom stereocenters. The molecule has 0 heterocycles. The first kappa shape index (κ1) is 14.3. The summed E-state index contributed by atoms with van der Waals surface area (Å²) in [5, 5.41) is 20.1. The van der Waals surface area contributed by atoms with Crippen molar-refractivity contribution < 1.29 is 14.4 Å². The van der Waals surface area contributed by atoms with Gasteiger partial charge >= 0.3 is 5.69 Å². The molecular formula is C15H12N2O4. The van der Waals surface area contributed by atoms with E-state index in [4.69, 9.17) is 14.7 Å². The van der Waals surface area contributed by atoms with Gasteiger partial charge in [-0.3, -0.25) is 10.1 Å². The highest BCUT2D eigenvalue weighted by Crippen LogP contribution is 2.33. The first-order valence-corrected chi connectivity index (χ1v) is 6.06. The van der Waals surface area contributed by atoms with Gasteiger partial charge in [-0.15, -0.1) is 0 Å². The van der Waals surface area contributed by atoms with E-state index < -0.39 is 4.92 Å². The summed E-state index contributed by atoms with van der Waals surface area (Å²) in [5.74, 6) is 0.766. The lowest BCUT2D eigenvalue weighted by atomic mass is 10.1. The van der Waals surface area contributed by atoms with Gasteiger partial charge in [0.1, 0.15) is 17.6 Å². The maximum absolute atomic E-state index is 11.0. The lowest BCUT2D eigenvalue weighted by molar-refractivity contribution is -0.385. The minimum absolute atomic E-state index is 0.150. The van der Waals surface area contributed by atoms with Crippen LogP contribution in [0.15, 0.2) is 36.4 Å². The van der Waals surface area contributed by atoms with E-state index in [1.165, 1.54) is 19.2 Å². The molecule has 0 saturated carbocycles. The number of nitriles is 1. The number of hydrogen-bond acceptors (Lipinski definition) is 5. The maximum Gasteiger partial charge on any atom is 0.314 e. The van der Waals surface area contributed by atoms with Crippen LogP contribution in [0.4, 0.5) is 5.69 Å². The highest BCUT2D eigenvalue weighted by molar-refractivity contribution is 5.53. The largest absolute Gasteiger partial charge is 0.490 e. The number of hydrogen-bond donors (Lipinski definition) is 0. The summed E-state index contributed by atoms with van der Waals surface area (Å²) in [6.45, 7) is 1.86. The van der Waals surface area contributed by atoms with Crippen LogP contribution in [0.1, 0.15) is 11.1 Å². The summed E-state index contributed by atoms with van der Waals surface area (Å²) >= 11 is 0. The van der Waals surface area contributed by atoms with Gasteiger partial charge in [0, 0.05) is 0 Å². The fraction of sp³-hybridized carbons (Fsp3) is 0.133. The number of rotatable bonds is 4. The van der Waals surface area contributed by atoms with Gasteiger partial charge in [0.05, 0.1) is 23.7 Å². The predicted octanol–water partition coefficient (Wildman–Crippen LogP) is 3.58. The molecule has 2 aromatic carbocycles. The fourth-order valence-corrected chi connectivity index (χ4v) is 1.82. The third kappa shape index (κ3) is 3.09. The molecule has 0 bridgehead atoms. The molecular weight excluding hydrogens is 272 g/mol. The molecule has 0 amide bonds. The molecule has 0 N–H and O–H groups in total. The van der Waals surface area contributed by atoms with Crippen molar-refractivity contribution in [1.29, 1.82) is 5.26 Å². The molecule has 0 saturated heterocycles. The number of nitrogens with zero attached hydrogens (tertiary/aromatic N) is 2. The van der Waals surface area contributed by atoms with Crippen molar-refractivity contribution in [2.24, 2.45) is 0 Å². The smallest absolute Gasteiger partial charge is 0.314 e. The van der Waals surface area contributed by atoms with E-state index in [2.05, 4.69) is 0 Å². The zero-order valence-corrected chi connectivity index (χ0v) is 11.5. The maximum atomic E-state index is 11.0.